The third-order valence-corrected chi connectivity index (χ3v) is 9.95. The zero-order valence-corrected chi connectivity index (χ0v) is 33.9. The molecule has 0 aromatic heterocycles. The summed E-state index contributed by atoms with van der Waals surface area (Å²) in [4.78, 5) is 74.9. The van der Waals surface area contributed by atoms with Crippen molar-refractivity contribution < 1.29 is 39.0 Å². The lowest BCUT2D eigenvalue weighted by molar-refractivity contribution is -0.130. The Morgan fingerprint density at radius 3 is 1.71 bits per heavy atom. The quantitative estimate of drug-likeness (QED) is 0.0470. The molecular weight excluding hydrogens is 716 g/mol. The average Bonchev–Trinajstić information content (AvgIpc) is 3.19. The number of carbonyl (C=O) groups is 6. The number of hydrogen-bond acceptors (Lipinski definition) is 9. The van der Waals surface area contributed by atoms with Crippen LogP contribution >= 0.6 is 0 Å². The minimum atomic E-state index is -1.15. The lowest BCUT2D eigenvalue weighted by Gasteiger charge is -2.20. The number of amides is 5. The Morgan fingerprint density at radius 2 is 1.16 bits per heavy atom. The predicted molar refractivity (Wildman–Crippen MR) is 218 cm³/mol. The second-order valence-corrected chi connectivity index (χ2v) is 14.8. The molecule has 1 rings (SSSR count). The average molecular weight is 789 g/mol. The highest BCUT2D eigenvalue weighted by molar-refractivity contribution is 5.90. The van der Waals surface area contributed by atoms with Gasteiger partial charge in [0.25, 0.3) is 0 Å². The van der Waals surface area contributed by atoms with Crippen LogP contribution in [0.4, 0.5) is 0 Å². The van der Waals surface area contributed by atoms with E-state index in [-0.39, 0.29) is 50.3 Å². The van der Waals surface area contributed by atoms with Crippen LogP contribution in [0.5, 0.6) is 0 Å². The molecule has 4 atom stereocenters. The van der Waals surface area contributed by atoms with E-state index in [1.54, 1.807) is 0 Å². The third-order valence-electron chi connectivity index (χ3n) is 9.95. The number of aliphatic hydroxyl groups excluding tert-OH is 2. The van der Waals surface area contributed by atoms with Crippen LogP contribution in [-0.4, -0.2) is 90.0 Å². The molecule has 0 aliphatic heterocycles. The summed E-state index contributed by atoms with van der Waals surface area (Å²) in [7, 11) is 0. The van der Waals surface area contributed by atoms with Gasteiger partial charge in [-0.3, -0.25) is 28.8 Å². The maximum Gasteiger partial charge on any atom is 0.242 e. The van der Waals surface area contributed by atoms with E-state index < -0.39 is 60.8 Å². The van der Waals surface area contributed by atoms with Crippen LogP contribution in [0.25, 0.3) is 0 Å². The van der Waals surface area contributed by atoms with Gasteiger partial charge in [-0.1, -0.05) is 114 Å². The Bertz CT molecular complexity index is 1270. The summed E-state index contributed by atoms with van der Waals surface area (Å²) in [6.07, 6.45) is 17.4. The molecule has 10 N–H and O–H groups in total. The molecule has 0 saturated carbocycles. The van der Waals surface area contributed by atoms with Gasteiger partial charge in [0, 0.05) is 44.7 Å². The molecule has 5 amide bonds. The smallest absolute Gasteiger partial charge is 0.242 e. The van der Waals surface area contributed by atoms with Gasteiger partial charge in [0.05, 0.1) is 13.2 Å². The molecule has 0 heterocycles. The molecule has 318 valence electrons. The lowest BCUT2D eigenvalue weighted by Crippen LogP contribution is -2.53. The van der Waals surface area contributed by atoms with Crippen LogP contribution < -0.4 is 32.7 Å². The maximum absolute atomic E-state index is 12.9. The van der Waals surface area contributed by atoms with Crippen molar-refractivity contribution in [3.63, 3.8) is 0 Å². The van der Waals surface area contributed by atoms with E-state index in [0.29, 0.717) is 25.9 Å². The summed E-state index contributed by atoms with van der Waals surface area (Å²) in [6, 6.07) is 6.08. The van der Waals surface area contributed by atoms with E-state index in [9.17, 15) is 39.0 Å². The van der Waals surface area contributed by atoms with Crippen molar-refractivity contribution in [2.24, 2.45) is 17.4 Å². The maximum atomic E-state index is 12.9. The van der Waals surface area contributed by atoms with E-state index >= 15 is 0 Å². The first-order valence-electron chi connectivity index (χ1n) is 21.0. The molecule has 0 aliphatic rings. The second kappa shape index (κ2) is 32.2. The van der Waals surface area contributed by atoms with E-state index in [2.05, 4.69) is 28.2 Å². The van der Waals surface area contributed by atoms with Crippen molar-refractivity contribution >= 4 is 35.3 Å². The van der Waals surface area contributed by atoms with Crippen molar-refractivity contribution in [3.05, 3.63) is 35.9 Å². The number of unbranched alkanes of at least 4 members (excludes halogenated alkanes) is 13. The first kappa shape index (κ1) is 50.1. The van der Waals surface area contributed by atoms with Crippen LogP contribution in [0, 0.1) is 5.92 Å². The van der Waals surface area contributed by atoms with Crippen LogP contribution in [0.2, 0.25) is 0 Å². The topological polar surface area (TPSA) is 243 Å². The standard InChI is InChI=1S/C42H72N6O8/c1-2-3-4-5-6-7-8-9-10-11-12-13-17-22-39(53)47-36(31-50)37(51)25-23-33(40(44)54)24-26-38(52)45-27-18-19-28-46-42(56)35(48-41(55)34(43)30-49)29-32-20-15-14-16-21-32/h14-16,20-21,33-36,49-50H,2-13,17-19,22-31,43H2,1H3,(H2,44,54)(H,45,52)(H,46,56)(H,47,53)(H,48,55). The van der Waals surface area contributed by atoms with Gasteiger partial charge in [-0.05, 0) is 37.7 Å². The van der Waals surface area contributed by atoms with Crippen LogP contribution in [0.1, 0.15) is 141 Å². The fourth-order valence-corrected chi connectivity index (χ4v) is 6.34. The highest BCUT2D eigenvalue weighted by atomic mass is 16.3. The van der Waals surface area contributed by atoms with Gasteiger partial charge in [-0.15, -0.1) is 0 Å². The predicted octanol–water partition coefficient (Wildman–Crippen LogP) is 3.24. The Morgan fingerprint density at radius 1 is 0.607 bits per heavy atom. The minimum Gasteiger partial charge on any atom is -0.394 e. The molecule has 1 aromatic carbocycles. The van der Waals surface area contributed by atoms with Crippen molar-refractivity contribution in [2.45, 2.75) is 160 Å². The SMILES string of the molecule is CCCCCCCCCCCCCCCC(=O)NC(CO)C(=O)CCC(CCC(=O)NCCCCNC(=O)C(Cc1ccccc1)NC(=O)C(N)CO)C(N)=O. The normalized spacial score (nSPS) is 13.2. The van der Waals surface area contributed by atoms with Crippen molar-refractivity contribution in [2.75, 3.05) is 26.3 Å². The molecule has 14 nitrogen and oxygen atoms in total. The minimum absolute atomic E-state index is 0.0225. The molecule has 0 bridgehead atoms. The Kier molecular flexibility index (Phi) is 28.9. The van der Waals surface area contributed by atoms with Gasteiger partial charge in [0.15, 0.2) is 5.78 Å². The van der Waals surface area contributed by atoms with Gasteiger partial charge in [-0.2, -0.15) is 0 Å². The molecule has 0 radical (unpaired) electrons. The van der Waals surface area contributed by atoms with Gasteiger partial charge in [0.2, 0.25) is 29.5 Å². The van der Waals surface area contributed by atoms with Crippen molar-refractivity contribution in [1.82, 2.24) is 21.3 Å². The van der Waals surface area contributed by atoms with Crippen LogP contribution in [-0.2, 0) is 35.2 Å². The summed E-state index contributed by atoms with van der Waals surface area (Å²) in [5.41, 5.74) is 12.0. The van der Waals surface area contributed by atoms with Crippen LogP contribution in [0.3, 0.4) is 0 Å². The Labute approximate surface area is 334 Å². The van der Waals surface area contributed by atoms with Gasteiger partial charge < -0.3 is 42.9 Å². The van der Waals surface area contributed by atoms with E-state index in [1.807, 2.05) is 30.3 Å². The number of carbonyl (C=O) groups excluding carboxylic acids is 6. The summed E-state index contributed by atoms with van der Waals surface area (Å²) in [5.74, 6) is -3.35. The molecule has 4 unspecified atom stereocenters. The van der Waals surface area contributed by atoms with E-state index in [4.69, 9.17) is 11.5 Å². The highest BCUT2D eigenvalue weighted by Gasteiger charge is 2.25. The number of primary amides is 1. The summed E-state index contributed by atoms with van der Waals surface area (Å²) < 4.78 is 0. The first-order valence-corrected chi connectivity index (χ1v) is 21.0. The van der Waals surface area contributed by atoms with Gasteiger partial charge >= 0.3 is 0 Å². The highest BCUT2D eigenvalue weighted by Crippen LogP contribution is 2.16. The molecule has 0 spiro atoms. The number of benzene rings is 1. The lowest BCUT2D eigenvalue weighted by atomic mass is 9.94. The van der Waals surface area contributed by atoms with Gasteiger partial charge in [-0.25, -0.2) is 0 Å². The molecule has 0 aliphatic carbocycles. The zero-order chi connectivity index (χ0) is 41.4. The number of nitrogens with one attached hydrogen (secondary N) is 4. The monoisotopic (exact) mass is 789 g/mol. The molecule has 0 fully saturated rings. The van der Waals surface area contributed by atoms with E-state index in [0.717, 1.165) is 31.2 Å². The molecular formula is C42H72N6O8. The van der Waals surface area contributed by atoms with Gasteiger partial charge in [0.1, 0.15) is 18.1 Å². The number of rotatable bonds is 35. The van der Waals surface area contributed by atoms with E-state index in [1.165, 1.54) is 57.8 Å². The Hall–Kier alpha value is -3.88. The molecule has 0 saturated heterocycles. The number of nitrogens with two attached hydrogens (primary N) is 2. The van der Waals surface area contributed by atoms with Crippen LogP contribution in [0.15, 0.2) is 30.3 Å². The zero-order valence-electron chi connectivity index (χ0n) is 33.9. The second-order valence-electron chi connectivity index (χ2n) is 14.8. The molecule has 1 aromatic rings. The summed E-state index contributed by atoms with van der Waals surface area (Å²) in [6.45, 7) is 1.78. The molecule has 56 heavy (non-hydrogen) atoms. The van der Waals surface area contributed by atoms with Crippen molar-refractivity contribution in [1.29, 1.82) is 0 Å². The largest absolute Gasteiger partial charge is 0.394 e. The van der Waals surface area contributed by atoms with Crippen molar-refractivity contribution in [3.8, 4) is 0 Å². The number of Topliss-reactive ketones (excluding diaryl/α,β-unsaturated/α-hetero) is 1. The summed E-state index contributed by atoms with van der Waals surface area (Å²) >= 11 is 0. The third kappa shape index (κ3) is 24.6. The number of aliphatic hydroxyl groups is 2. The fourth-order valence-electron chi connectivity index (χ4n) is 6.34. The number of hydrogen-bond donors (Lipinski definition) is 8. The summed E-state index contributed by atoms with van der Waals surface area (Å²) in [5, 5.41) is 29.7. The fraction of sp³-hybridized carbons (Fsp3) is 0.714. The first-order chi connectivity index (χ1) is 27.0. The molecule has 14 heteroatoms. The number of ketones is 1. The Balaban J connectivity index is 2.28.